The van der Waals surface area contributed by atoms with Crippen molar-refractivity contribution in [2.24, 2.45) is 0 Å². The van der Waals surface area contributed by atoms with Crippen LogP contribution in [0.1, 0.15) is 30.4 Å². The number of hydrogen-bond acceptors (Lipinski definition) is 0. The topological polar surface area (TPSA) is 0 Å². The molecule has 24 heavy (non-hydrogen) atoms. The highest BCUT2D eigenvalue weighted by atomic mass is 14.1. The van der Waals surface area contributed by atoms with Gasteiger partial charge in [-0.05, 0) is 51.4 Å². The molecule has 0 N–H and O–H groups in total. The summed E-state index contributed by atoms with van der Waals surface area (Å²) in [5.41, 5.74) is 2.90. The number of hydrogen-bond donors (Lipinski definition) is 0. The van der Waals surface area contributed by atoms with Crippen molar-refractivity contribution in [2.45, 2.75) is 25.7 Å². The summed E-state index contributed by atoms with van der Waals surface area (Å²) in [6.45, 7) is 2.35. The summed E-state index contributed by atoms with van der Waals surface area (Å²) in [7, 11) is 0. The predicted octanol–water partition coefficient (Wildman–Crippen LogP) is 6.73. The van der Waals surface area contributed by atoms with E-state index in [9.17, 15) is 0 Å². The molecule has 0 amide bonds. The first-order valence-corrected chi connectivity index (χ1v) is 8.76. The molecular formula is C24H22. The maximum Gasteiger partial charge on any atom is -0.0149 e. The Morgan fingerprint density at radius 1 is 0.667 bits per heavy atom. The van der Waals surface area contributed by atoms with E-state index >= 15 is 0 Å². The van der Waals surface area contributed by atoms with E-state index in [4.69, 9.17) is 0 Å². The highest BCUT2D eigenvalue weighted by Crippen LogP contribution is 2.29. The summed E-state index contributed by atoms with van der Waals surface area (Å²) in [5.74, 6) is 0.558. The number of benzene rings is 4. The van der Waals surface area contributed by atoms with Crippen molar-refractivity contribution in [3.63, 3.8) is 0 Å². The van der Waals surface area contributed by atoms with E-state index in [0.29, 0.717) is 5.92 Å². The molecule has 0 aliphatic heterocycles. The Kier molecular flexibility index (Phi) is 4.04. The van der Waals surface area contributed by atoms with Gasteiger partial charge in [-0.2, -0.15) is 0 Å². The van der Waals surface area contributed by atoms with Crippen LogP contribution in [0, 0.1) is 0 Å². The van der Waals surface area contributed by atoms with Gasteiger partial charge in [0.25, 0.3) is 0 Å². The normalized spacial score (nSPS) is 12.5. The largest absolute Gasteiger partial charge is 0.0616 e. The average Bonchev–Trinajstić information content (AvgIpc) is 2.65. The van der Waals surface area contributed by atoms with E-state index in [-0.39, 0.29) is 0 Å². The average molecular weight is 310 g/mol. The summed E-state index contributed by atoms with van der Waals surface area (Å²) in [5, 5.41) is 5.40. The van der Waals surface area contributed by atoms with Crippen LogP contribution in [0.15, 0.2) is 84.9 Å². The van der Waals surface area contributed by atoms with E-state index in [1.54, 1.807) is 0 Å². The smallest absolute Gasteiger partial charge is 0.0149 e. The molecule has 4 aromatic rings. The second kappa shape index (κ2) is 6.49. The lowest BCUT2D eigenvalue weighted by Crippen LogP contribution is -1.97. The summed E-state index contributed by atoms with van der Waals surface area (Å²) >= 11 is 0. The van der Waals surface area contributed by atoms with Crippen molar-refractivity contribution in [1.29, 1.82) is 0 Å². The molecule has 1 atom stereocenters. The summed E-state index contributed by atoms with van der Waals surface area (Å²) in [6.07, 6.45) is 2.29. The fourth-order valence-corrected chi connectivity index (χ4v) is 3.61. The molecule has 0 aromatic heterocycles. The zero-order valence-corrected chi connectivity index (χ0v) is 14.1. The van der Waals surface area contributed by atoms with Crippen LogP contribution in [0.2, 0.25) is 0 Å². The van der Waals surface area contributed by atoms with Gasteiger partial charge in [0, 0.05) is 0 Å². The molecule has 0 heterocycles. The standard InChI is InChI=1S/C24H22/c1-18(23-12-6-10-21-8-4-5-11-24(21)23)13-14-19-15-16-20-7-2-3-9-22(20)17-19/h2-12,15-18H,13-14H2,1H3. The molecule has 0 saturated heterocycles. The first-order valence-electron chi connectivity index (χ1n) is 8.76. The van der Waals surface area contributed by atoms with E-state index in [2.05, 4.69) is 91.9 Å². The molecule has 4 aromatic carbocycles. The molecule has 1 unspecified atom stereocenters. The number of fused-ring (bicyclic) bond motifs is 2. The van der Waals surface area contributed by atoms with Gasteiger partial charge in [-0.1, -0.05) is 91.9 Å². The predicted molar refractivity (Wildman–Crippen MR) is 105 cm³/mol. The van der Waals surface area contributed by atoms with Crippen LogP contribution < -0.4 is 0 Å². The Morgan fingerprint density at radius 2 is 1.38 bits per heavy atom. The Balaban J connectivity index is 1.55. The van der Waals surface area contributed by atoms with Gasteiger partial charge in [0.15, 0.2) is 0 Å². The Bertz CT molecular complexity index is 976. The second-order valence-corrected chi connectivity index (χ2v) is 6.69. The van der Waals surface area contributed by atoms with Crippen LogP contribution in [0.5, 0.6) is 0 Å². The lowest BCUT2D eigenvalue weighted by molar-refractivity contribution is 0.684. The molecule has 118 valence electrons. The van der Waals surface area contributed by atoms with Crippen LogP contribution in [0.4, 0.5) is 0 Å². The fourth-order valence-electron chi connectivity index (χ4n) is 3.61. The minimum absolute atomic E-state index is 0.558. The number of rotatable bonds is 4. The summed E-state index contributed by atoms with van der Waals surface area (Å²) in [4.78, 5) is 0. The zero-order valence-electron chi connectivity index (χ0n) is 14.1. The van der Waals surface area contributed by atoms with Gasteiger partial charge in [-0.3, -0.25) is 0 Å². The third kappa shape index (κ3) is 2.92. The monoisotopic (exact) mass is 310 g/mol. The molecular weight excluding hydrogens is 288 g/mol. The molecule has 4 rings (SSSR count). The Labute approximate surface area is 143 Å². The van der Waals surface area contributed by atoms with Crippen molar-refractivity contribution < 1.29 is 0 Å². The third-order valence-electron chi connectivity index (χ3n) is 5.03. The van der Waals surface area contributed by atoms with E-state index in [1.807, 2.05) is 0 Å². The minimum Gasteiger partial charge on any atom is -0.0616 e. The van der Waals surface area contributed by atoms with Crippen LogP contribution in [-0.4, -0.2) is 0 Å². The van der Waals surface area contributed by atoms with Gasteiger partial charge in [0.05, 0.1) is 0 Å². The fraction of sp³-hybridized carbons (Fsp3) is 0.167. The molecule has 0 bridgehead atoms. The minimum atomic E-state index is 0.558. The number of aryl methyl sites for hydroxylation is 1. The molecule has 0 saturated carbocycles. The molecule has 0 nitrogen and oxygen atoms in total. The molecule has 0 heteroatoms. The highest BCUT2D eigenvalue weighted by Gasteiger charge is 2.09. The van der Waals surface area contributed by atoms with E-state index in [0.717, 1.165) is 6.42 Å². The third-order valence-corrected chi connectivity index (χ3v) is 5.03. The van der Waals surface area contributed by atoms with Crippen molar-refractivity contribution in [2.75, 3.05) is 0 Å². The van der Waals surface area contributed by atoms with E-state index < -0.39 is 0 Å². The van der Waals surface area contributed by atoms with Crippen LogP contribution in [-0.2, 0) is 6.42 Å². The molecule has 0 fully saturated rings. The van der Waals surface area contributed by atoms with Gasteiger partial charge in [0.1, 0.15) is 0 Å². The van der Waals surface area contributed by atoms with Gasteiger partial charge in [-0.15, -0.1) is 0 Å². The van der Waals surface area contributed by atoms with Crippen molar-refractivity contribution >= 4 is 21.5 Å². The van der Waals surface area contributed by atoms with Gasteiger partial charge in [0.2, 0.25) is 0 Å². The quantitative estimate of drug-likeness (QED) is 0.392. The van der Waals surface area contributed by atoms with E-state index in [1.165, 1.54) is 39.1 Å². The highest BCUT2D eigenvalue weighted by molar-refractivity contribution is 5.86. The van der Waals surface area contributed by atoms with Gasteiger partial charge in [-0.25, -0.2) is 0 Å². The first kappa shape index (κ1) is 15.0. The lowest BCUT2D eigenvalue weighted by atomic mass is 9.90. The maximum absolute atomic E-state index is 2.35. The van der Waals surface area contributed by atoms with Crippen LogP contribution in [0.3, 0.4) is 0 Å². The summed E-state index contributed by atoms with van der Waals surface area (Å²) < 4.78 is 0. The van der Waals surface area contributed by atoms with Gasteiger partial charge < -0.3 is 0 Å². The molecule has 0 spiro atoms. The first-order chi connectivity index (χ1) is 11.8. The van der Waals surface area contributed by atoms with Crippen molar-refractivity contribution in [3.05, 3.63) is 96.1 Å². The van der Waals surface area contributed by atoms with Crippen LogP contribution in [0.25, 0.3) is 21.5 Å². The summed E-state index contributed by atoms with van der Waals surface area (Å²) in [6, 6.07) is 30.8. The van der Waals surface area contributed by atoms with Crippen molar-refractivity contribution in [3.8, 4) is 0 Å². The second-order valence-electron chi connectivity index (χ2n) is 6.69. The van der Waals surface area contributed by atoms with Gasteiger partial charge >= 0.3 is 0 Å². The Hall–Kier alpha value is -2.60. The molecule has 0 aliphatic rings. The maximum atomic E-state index is 2.35. The molecule has 0 aliphatic carbocycles. The van der Waals surface area contributed by atoms with Crippen molar-refractivity contribution in [1.82, 2.24) is 0 Å². The molecule has 0 radical (unpaired) electrons. The van der Waals surface area contributed by atoms with Crippen LogP contribution >= 0.6 is 0 Å². The Morgan fingerprint density at radius 3 is 2.25 bits per heavy atom. The SMILES string of the molecule is CC(CCc1ccc2ccccc2c1)c1cccc2ccccc12. The lowest BCUT2D eigenvalue weighted by Gasteiger charge is -2.15. The zero-order chi connectivity index (χ0) is 16.4.